The SMILES string of the molecule is C(/C/C=N/N1CCCCC1)=N/N1CCCCC1. The van der Waals surface area contributed by atoms with Crippen molar-refractivity contribution in [2.24, 2.45) is 10.2 Å². The molecule has 2 aliphatic rings. The molecule has 0 radical (unpaired) electrons. The molecule has 0 amide bonds. The largest absolute Gasteiger partial charge is 0.297 e. The Morgan fingerprint density at radius 3 is 1.47 bits per heavy atom. The normalized spacial score (nSPS) is 22.8. The summed E-state index contributed by atoms with van der Waals surface area (Å²) >= 11 is 0. The van der Waals surface area contributed by atoms with Crippen LogP contribution in [0.2, 0.25) is 0 Å². The summed E-state index contributed by atoms with van der Waals surface area (Å²) in [6.45, 7) is 4.50. The van der Waals surface area contributed by atoms with Gasteiger partial charge in [0.25, 0.3) is 0 Å². The Kier molecular flexibility index (Phi) is 5.33. The number of hydrogen-bond acceptors (Lipinski definition) is 4. The lowest BCUT2D eigenvalue weighted by atomic mass is 10.2. The van der Waals surface area contributed by atoms with Gasteiger partial charge < -0.3 is 0 Å². The minimum absolute atomic E-state index is 0.854. The highest BCUT2D eigenvalue weighted by molar-refractivity contribution is 5.78. The van der Waals surface area contributed by atoms with Crippen LogP contribution in [-0.2, 0) is 0 Å². The van der Waals surface area contributed by atoms with E-state index in [9.17, 15) is 0 Å². The molecule has 0 unspecified atom stereocenters. The quantitative estimate of drug-likeness (QED) is 0.701. The summed E-state index contributed by atoms with van der Waals surface area (Å²) < 4.78 is 0. The van der Waals surface area contributed by atoms with E-state index in [0.29, 0.717) is 0 Å². The van der Waals surface area contributed by atoms with E-state index in [1.165, 1.54) is 38.5 Å². The highest BCUT2D eigenvalue weighted by Gasteiger charge is 2.06. The molecule has 2 aliphatic heterocycles. The Hall–Kier alpha value is -1.06. The Labute approximate surface area is 104 Å². The Balaban J connectivity index is 1.60. The number of rotatable bonds is 4. The predicted molar refractivity (Wildman–Crippen MR) is 72.4 cm³/mol. The van der Waals surface area contributed by atoms with E-state index in [0.717, 1.165) is 32.6 Å². The van der Waals surface area contributed by atoms with Gasteiger partial charge in [0.1, 0.15) is 0 Å². The van der Waals surface area contributed by atoms with Crippen molar-refractivity contribution in [2.75, 3.05) is 26.2 Å². The van der Waals surface area contributed by atoms with Crippen molar-refractivity contribution in [1.29, 1.82) is 0 Å². The van der Waals surface area contributed by atoms with E-state index in [1.807, 2.05) is 12.4 Å². The number of hydrogen-bond donors (Lipinski definition) is 0. The maximum Gasteiger partial charge on any atom is 0.0360 e. The molecule has 0 atom stereocenters. The standard InChI is InChI=1S/C13H24N4/c1-3-10-16(11-4-1)14-8-7-9-15-17-12-5-2-6-13-17/h8-9H,1-7,10-13H2/b14-8-,15-9+. The molecule has 0 aromatic carbocycles. The van der Waals surface area contributed by atoms with Gasteiger partial charge in [0.05, 0.1) is 0 Å². The molecule has 17 heavy (non-hydrogen) atoms. The molecule has 2 saturated heterocycles. The molecule has 2 fully saturated rings. The van der Waals surface area contributed by atoms with Gasteiger partial charge in [-0.15, -0.1) is 0 Å². The molecule has 0 aliphatic carbocycles. The maximum atomic E-state index is 4.46. The summed E-state index contributed by atoms with van der Waals surface area (Å²) in [5.41, 5.74) is 0. The second-order valence-corrected chi connectivity index (χ2v) is 4.86. The molecule has 96 valence electrons. The maximum absolute atomic E-state index is 4.46. The van der Waals surface area contributed by atoms with Gasteiger partial charge in [-0.2, -0.15) is 10.2 Å². The molecule has 2 rings (SSSR count). The van der Waals surface area contributed by atoms with Crippen molar-refractivity contribution in [2.45, 2.75) is 44.9 Å². The minimum Gasteiger partial charge on any atom is -0.297 e. The van der Waals surface area contributed by atoms with Crippen LogP contribution in [-0.4, -0.2) is 48.6 Å². The van der Waals surface area contributed by atoms with Gasteiger partial charge >= 0.3 is 0 Å². The zero-order valence-corrected chi connectivity index (χ0v) is 10.7. The van der Waals surface area contributed by atoms with Gasteiger partial charge in [-0.05, 0) is 38.5 Å². The third-order valence-electron chi connectivity index (χ3n) is 3.37. The molecule has 0 aromatic rings. The highest BCUT2D eigenvalue weighted by atomic mass is 15.5. The van der Waals surface area contributed by atoms with E-state index in [4.69, 9.17) is 0 Å². The molecular weight excluding hydrogens is 212 g/mol. The van der Waals surface area contributed by atoms with Crippen LogP contribution >= 0.6 is 0 Å². The second kappa shape index (κ2) is 7.30. The summed E-state index contributed by atoms with van der Waals surface area (Å²) in [6, 6.07) is 0. The van der Waals surface area contributed by atoms with Crippen LogP contribution in [0.25, 0.3) is 0 Å². The number of piperidine rings is 2. The Bertz CT molecular complexity index is 224. The van der Waals surface area contributed by atoms with Crippen molar-refractivity contribution in [1.82, 2.24) is 10.0 Å². The van der Waals surface area contributed by atoms with E-state index >= 15 is 0 Å². The van der Waals surface area contributed by atoms with Crippen LogP contribution < -0.4 is 0 Å². The van der Waals surface area contributed by atoms with E-state index in [1.54, 1.807) is 0 Å². The monoisotopic (exact) mass is 236 g/mol. The van der Waals surface area contributed by atoms with Gasteiger partial charge in [0, 0.05) is 45.0 Å². The fourth-order valence-corrected chi connectivity index (χ4v) is 2.36. The smallest absolute Gasteiger partial charge is 0.0360 e. The molecule has 4 heteroatoms. The van der Waals surface area contributed by atoms with Crippen molar-refractivity contribution < 1.29 is 0 Å². The van der Waals surface area contributed by atoms with Gasteiger partial charge in [-0.25, -0.2) is 0 Å². The number of hydrazone groups is 2. The first-order valence-corrected chi connectivity index (χ1v) is 7.00. The Morgan fingerprint density at radius 2 is 1.06 bits per heavy atom. The van der Waals surface area contributed by atoms with Crippen LogP contribution in [0.4, 0.5) is 0 Å². The first-order valence-electron chi connectivity index (χ1n) is 7.00. The highest BCUT2D eigenvalue weighted by Crippen LogP contribution is 2.09. The lowest BCUT2D eigenvalue weighted by molar-refractivity contribution is 0.239. The van der Waals surface area contributed by atoms with Crippen molar-refractivity contribution in [3.8, 4) is 0 Å². The lowest BCUT2D eigenvalue weighted by Crippen LogP contribution is -2.25. The van der Waals surface area contributed by atoms with E-state index < -0.39 is 0 Å². The summed E-state index contributed by atoms with van der Waals surface area (Å²) in [4.78, 5) is 0. The first kappa shape index (κ1) is 12.4. The van der Waals surface area contributed by atoms with Crippen LogP contribution in [0.3, 0.4) is 0 Å². The van der Waals surface area contributed by atoms with Gasteiger partial charge in [-0.3, -0.25) is 10.0 Å². The zero-order chi connectivity index (χ0) is 11.8. The van der Waals surface area contributed by atoms with Gasteiger partial charge in [-0.1, -0.05) is 0 Å². The molecule has 0 bridgehead atoms. The third-order valence-corrected chi connectivity index (χ3v) is 3.37. The predicted octanol–water partition coefficient (Wildman–Crippen LogP) is 2.32. The van der Waals surface area contributed by atoms with Crippen LogP contribution in [0.1, 0.15) is 44.9 Å². The van der Waals surface area contributed by atoms with E-state index in [2.05, 4.69) is 20.2 Å². The summed E-state index contributed by atoms with van der Waals surface area (Å²) in [6.07, 6.45) is 12.7. The molecule has 4 nitrogen and oxygen atoms in total. The van der Waals surface area contributed by atoms with Crippen LogP contribution in [0, 0.1) is 0 Å². The molecular formula is C13H24N4. The third kappa shape index (κ3) is 4.75. The van der Waals surface area contributed by atoms with Crippen LogP contribution in [0.15, 0.2) is 10.2 Å². The van der Waals surface area contributed by atoms with Crippen LogP contribution in [0.5, 0.6) is 0 Å². The zero-order valence-electron chi connectivity index (χ0n) is 10.7. The van der Waals surface area contributed by atoms with Gasteiger partial charge in [0.2, 0.25) is 0 Å². The summed E-state index contributed by atoms with van der Waals surface area (Å²) in [5, 5.41) is 13.3. The topological polar surface area (TPSA) is 31.2 Å². The molecule has 0 N–H and O–H groups in total. The minimum atomic E-state index is 0.854. The fraction of sp³-hybridized carbons (Fsp3) is 0.846. The van der Waals surface area contributed by atoms with Crippen molar-refractivity contribution >= 4 is 12.4 Å². The fourth-order valence-electron chi connectivity index (χ4n) is 2.36. The Morgan fingerprint density at radius 1 is 0.647 bits per heavy atom. The molecule has 0 saturated carbocycles. The van der Waals surface area contributed by atoms with Gasteiger partial charge in [0.15, 0.2) is 0 Å². The average molecular weight is 236 g/mol. The first-order chi connectivity index (χ1) is 8.45. The molecule has 2 heterocycles. The summed E-state index contributed by atoms with van der Waals surface area (Å²) in [7, 11) is 0. The molecule has 0 aromatic heterocycles. The molecule has 0 spiro atoms. The second-order valence-electron chi connectivity index (χ2n) is 4.86. The summed E-state index contributed by atoms with van der Waals surface area (Å²) in [5.74, 6) is 0. The lowest BCUT2D eigenvalue weighted by Gasteiger charge is -2.23. The number of nitrogens with zero attached hydrogens (tertiary/aromatic N) is 4. The average Bonchev–Trinajstić information content (AvgIpc) is 2.41. The van der Waals surface area contributed by atoms with E-state index in [-0.39, 0.29) is 0 Å². The van der Waals surface area contributed by atoms with Crippen molar-refractivity contribution in [3.63, 3.8) is 0 Å². The van der Waals surface area contributed by atoms with Crippen molar-refractivity contribution in [3.05, 3.63) is 0 Å².